The number of carboxylic acids is 2. The molecule has 2 unspecified atom stereocenters. The van der Waals surface area contributed by atoms with E-state index in [1.54, 1.807) is 0 Å². The molecule has 1 heterocycles. The minimum Gasteiger partial charge on any atom is -0.480 e. The second-order valence-corrected chi connectivity index (χ2v) is 5.05. The number of carbonyl (C=O) groups is 2. The van der Waals surface area contributed by atoms with Crippen LogP contribution in [-0.2, 0) is 16.0 Å². The summed E-state index contributed by atoms with van der Waals surface area (Å²) < 4.78 is 0. The van der Waals surface area contributed by atoms with Crippen LogP contribution in [0.25, 0.3) is 0 Å². The van der Waals surface area contributed by atoms with Gasteiger partial charge in [0.2, 0.25) is 0 Å². The lowest BCUT2D eigenvalue weighted by atomic mass is 10.1. The summed E-state index contributed by atoms with van der Waals surface area (Å²) >= 11 is 1.47. The molecular formula is C12H17NO4S. The van der Waals surface area contributed by atoms with Gasteiger partial charge in [-0.25, -0.2) is 0 Å². The van der Waals surface area contributed by atoms with Crippen molar-refractivity contribution >= 4 is 23.3 Å². The maximum absolute atomic E-state index is 11.1. The average Bonchev–Trinajstić information content (AvgIpc) is 2.79. The third-order valence-corrected chi connectivity index (χ3v) is 3.46. The van der Waals surface area contributed by atoms with Crippen LogP contribution in [0.3, 0.4) is 0 Å². The van der Waals surface area contributed by atoms with Gasteiger partial charge >= 0.3 is 11.9 Å². The van der Waals surface area contributed by atoms with Crippen LogP contribution in [0.4, 0.5) is 0 Å². The molecule has 0 aliphatic heterocycles. The average molecular weight is 271 g/mol. The highest BCUT2D eigenvalue weighted by atomic mass is 32.1. The third kappa shape index (κ3) is 4.46. The van der Waals surface area contributed by atoms with Crippen LogP contribution in [0.2, 0.25) is 0 Å². The summed E-state index contributed by atoms with van der Waals surface area (Å²) in [5.74, 6) is -2.03. The van der Waals surface area contributed by atoms with Crippen molar-refractivity contribution in [1.29, 1.82) is 0 Å². The number of rotatable bonds is 8. The molecule has 0 saturated carbocycles. The minimum absolute atomic E-state index is 0.306. The molecule has 0 fully saturated rings. The van der Waals surface area contributed by atoms with Crippen molar-refractivity contribution in [1.82, 2.24) is 5.32 Å². The van der Waals surface area contributed by atoms with Gasteiger partial charge in [0.15, 0.2) is 0 Å². The molecule has 1 aromatic heterocycles. The number of aliphatic carboxylic acids is 2. The van der Waals surface area contributed by atoms with Gasteiger partial charge in [0, 0.05) is 11.3 Å². The molecule has 18 heavy (non-hydrogen) atoms. The molecule has 5 nitrogen and oxygen atoms in total. The number of hydrogen-bond acceptors (Lipinski definition) is 4. The minimum atomic E-state index is -1.02. The van der Waals surface area contributed by atoms with E-state index in [0.29, 0.717) is 19.3 Å². The van der Waals surface area contributed by atoms with Crippen molar-refractivity contribution in [2.24, 2.45) is 0 Å². The second-order valence-electron chi connectivity index (χ2n) is 4.02. The lowest BCUT2D eigenvalue weighted by Gasteiger charge is -2.19. The first-order valence-corrected chi connectivity index (χ1v) is 6.66. The topological polar surface area (TPSA) is 86.6 Å². The summed E-state index contributed by atoms with van der Waals surface area (Å²) in [5.41, 5.74) is 0. The second kappa shape index (κ2) is 7.13. The van der Waals surface area contributed by atoms with E-state index in [9.17, 15) is 9.59 Å². The van der Waals surface area contributed by atoms with Gasteiger partial charge in [0.05, 0.1) is 0 Å². The summed E-state index contributed by atoms with van der Waals surface area (Å²) in [6.07, 6.45) is 1.42. The molecule has 0 saturated heterocycles. The van der Waals surface area contributed by atoms with Gasteiger partial charge in [-0.2, -0.15) is 0 Å². The van der Waals surface area contributed by atoms with E-state index < -0.39 is 24.0 Å². The van der Waals surface area contributed by atoms with Crippen LogP contribution in [0.15, 0.2) is 17.5 Å². The van der Waals surface area contributed by atoms with Crippen molar-refractivity contribution in [2.75, 3.05) is 0 Å². The normalized spacial score (nSPS) is 14.1. The molecular weight excluding hydrogens is 254 g/mol. The van der Waals surface area contributed by atoms with E-state index in [-0.39, 0.29) is 0 Å². The first-order chi connectivity index (χ1) is 8.54. The molecule has 1 rings (SSSR count). The predicted octanol–water partition coefficient (Wildman–Crippen LogP) is 1.59. The molecule has 1 aromatic rings. The lowest BCUT2D eigenvalue weighted by Crippen LogP contribution is -2.48. The number of carboxylic acid groups (broad SMARTS) is 2. The Morgan fingerprint density at radius 2 is 2.00 bits per heavy atom. The summed E-state index contributed by atoms with van der Waals surface area (Å²) in [4.78, 5) is 23.1. The monoisotopic (exact) mass is 271 g/mol. The number of thiophene rings is 1. The SMILES string of the molecule is CCCC(NC(Cc1cccs1)C(=O)O)C(=O)O. The number of nitrogens with one attached hydrogen (secondary N) is 1. The van der Waals surface area contributed by atoms with Gasteiger partial charge in [-0.15, -0.1) is 11.3 Å². The smallest absolute Gasteiger partial charge is 0.321 e. The van der Waals surface area contributed by atoms with E-state index >= 15 is 0 Å². The molecule has 0 spiro atoms. The van der Waals surface area contributed by atoms with Crippen molar-refractivity contribution in [2.45, 2.75) is 38.3 Å². The van der Waals surface area contributed by atoms with Crippen LogP contribution >= 0.6 is 11.3 Å². The first kappa shape index (κ1) is 14.7. The Morgan fingerprint density at radius 1 is 1.33 bits per heavy atom. The number of hydrogen-bond donors (Lipinski definition) is 3. The van der Waals surface area contributed by atoms with Gasteiger partial charge < -0.3 is 10.2 Å². The molecule has 0 bridgehead atoms. The van der Waals surface area contributed by atoms with Gasteiger partial charge in [0.25, 0.3) is 0 Å². The van der Waals surface area contributed by atoms with Gasteiger partial charge in [-0.3, -0.25) is 14.9 Å². The molecule has 0 radical (unpaired) electrons. The van der Waals surface area contributed by atoms with E-state index in [0.717, 1.165) is 4.88 Å². The molecule has 0 aromatic carbocycles. The van der Waals surface area contributed by atoms with Crippen LogP contribution in [0, 0.1) is 0 Å². The summed E-state index contributed by atoms with van der Waals surface area (Å²) in [5, 5.41) is 22.7. The van der Waals surface area contributed by atoms with Gasteiger partial charge in [-0.1, -0.05) is 19.4 Å². The van der Waals surface area contributed by atoms with Crippen molar-refractivity contribution in [3.8, 4) is 0 Å². The standard InChI is InChI=1S/C12H17NO4S/c1-2-4-9(11(14)15)13-10(12(16)17)7-8-5-3-6-18-8/h3,5-6,9-10,13H,2,4,7H2,1H3,(H,14,15)(H,16,17). The quantitative estimate of drug-likeness (QED) is 0.668. The zero-order valence-electron chi connectivity index (χ0n) is 10.1. The van der Waals surface area contributed by atoms with Gasteiger partial charge in [0.1, 0.15) is 12.1 Å². The highest BCUT2D eigenvalue weighted by Crippen LogP contribution is 2.12. The molecule has 2 atom stereocenters. The largest absolute Gasteiger partial charge is 0.480 e. The highest BCUT2D eigenvalue weighted by molar-refractivity contribution is 7.09. The Labute approximate surface area is 109 Å². The van der Waals surface area contributed by atoms with Crippen LogP contribution in [0.5, 0.6) is 0 Å². The van der Waals surface area contributed by atoms with Gasteiger partial charge in [-0.05, 0) is 17.9 Å². The lowest BCUT2D eigenvalue weighted by molar-refractivity contribution is -0.142. The Balaban J connectivity index is 2.67. The van der Waals surface area contributed by atoms with E-state index in [1.807, 2.05) is 24.4 Å². The molecule has 0 aliphatic carbocycles. The molecule has 100 valence electrons. The molecule has 0 amide bonds. The predicted molar refractivity (Wildman–Crippen MR) is 68.9 cm³/mol. The molecule has 0 aliphatic rings. The van der Waals surface area contributed by atoms with E-state index in [4.69, 9.17) is 10.2 Å². The molecule has 6 heteroatoms. The Hall–Kier alpha value is -1.40. The fourth-order valence-electron chi connectivity index (χ4n) is 1.66. The zero-order chi connectivity index (χ0) is 13.5. The zero-order valence-corrected chi connectivity index (χ0v) is 10.9. The van der Waals surface area contributed by atoms with E-state index in [2.05, 4.69) is 5.32 Å². The van der Waals surface area contributed by atoms with E-state index in [1.165, 1.54) is 11.3 Å². The third-order valence-electron chi connectivity index (χ3n) is 2.56. The Bertz CT molecular complexity index is 391. The van der Waals surface area contributed by atoms with Crippen LogP contribution in [-0.4, -0.2) is 34.2 Å². The highest BCUT2D eigenvalue weighted by Gasteiger charge is 2.25. The van der Waals surface area contributed by atoms with Crippen LogP contribution in [0.1, 0.15) is 24.6 Å². The summed E-state index contributed by atoms with van der Waals surface area (Å²) in [7, 11) is 0. The fourth-order valence-corrected chi connectivity index (χ4v) is 2.41. The summed E-state index contributed by atoms with van der Waals surface area (Å²) in [6, 6.07) is 2.02. The summed E-state index contributed by atoms with van der Waals surface area (Å²) in [6.45, 7) is 1.87. The first-order valence-electron chi connectivity index (χ1n) is 5.78. The fraction of sp³-hybridized carbons (Fsp3) is 0.500. The Morgan fingerprint density at radius 3 is 2.44 bits per heavy atom. The maximum atomic E-state index is 11.1. The van der Waals surface area contributed by atoms with Crippen molar-refractivity contribution in [3.63, 3.8) is 0 Å². The Kier molecular flexibility index (Phi) is 5.80. The van der Waals surface area contributed by atoms with Crippen molar-refractivity contribution < 1.29 is 19.8 Å². The van der Waals surface area contributed by atoms with Crippen molar-refractivity contribution in [3.05, 3.63) is 22.4 Å². The molecule has 3 N–H and O–H groups in total. The van der Waals surface area contributed by atoms with Crippen LogP contribution < -0.4 is 5.32 Å². The maximum Gasteiger partial charge on any atom is 0.321 e.